The van der Waals surface area contributed by atoms with Crippen molar-refractivity contribution >= 4 is 21.9 Å². The van der Waals surface area contributed by atoms with E-state index in [1.54, 1.807) is 20.5 Å². The second-order valence-electron chi connectivity index (χ2n) is 6.14. The number of anilines is 1. The second kappa shape index (κ2) is 6.99. The van der Waals surface area contributed by atoms with Gasteiger partial charge in [0.15, 0.2) is 11.5 Å². The summed E-state index contributed by atoms with van der Waals surface area (Å²) in [7, 11) is 3.29. The SMILES string of the molecule is COc1ccc([C@H]2C[C@H](c3ccc(Br)cc3)Nc3ncnn32)cc1OC. The number of ether oxygens (including phenoxy) is 2. The topological polar surface area (TPSA) is 61.2 Å². The van der Waals surface area contributed by atoms with Crippen LogP contribution < -0.4 is 14.8 Å². The van der Waals surface area contributed by atoms with E-state index in [1.807, 2.05) is 16.8 Å². The fourth-order valence-corrected chi connectivity index (χ4v) is 3.64. The van der Waals surface area contributed by atoms with Gasteiger partial charge in [0.1, 0.15) is 6.33 Å². The van der Waals surface area contributed by atoms with Crippen LogP contribution in [0.15, 0.2) is 53.3 Å². The molecule has 6 nitrogen and oxygen atoms in total. The molecule has 1 N–H and O–H groups in total. The molecule has 1 aromatic heterocycles. The Kier molecular flexibility index (Phi) is 4.55. The van der Waals surface area contributed by atoms with Gasteiger partial charge >= 0.3 is 0 Å². The van der Waals surface area contributed by atoms with Crippen molar-refractivity contribution in [1.82, 2.24) is 14.8 Å². The van der Waals surface area contributed by atoms with Crippen molar-refractivity contribution in [3.63, 3.8) is 0 Å². The number of aromatic nitrogens is 3. The molecule has 1 aliphatic rings. The lowest BCUT2D eigenvalue weighted by atomic mass is 9.93. The molecular weight excluding hydrogens is 396 g/mol. The number of benzene rings is 2. The van der Waals surface area contributed by atoms with Gasteiger partial charge in [-0.05, 0) is 41.8 Å². The van der Waals surface area contributed by atoms with Crippen LogP contribution in [0.3, 0.4) is 0 Å². The maximum absolute atomic E-state index is 5.47. The van der Waals surface area contributed by atoms with Crippen LogP contribution in [0.5, 0.6) is 11.5 Å². The summed E-state index contributed by atoms with van der Waals surface area (Å²) >= 11 is 3.49. The van der Waals surface area contributed by atoms with E-state index in [-0.39, 0.29) is 12.1 Å². The van der Waals surface area contributed by atoms with Crippen LogP contribution in [0.2, 0.25) is 0 Å². The molecule has 3 aromatic rings. The molecule has 0 amide bonds. The minimum absolute atomic E-state index is 0.0576. The number of halogens is 1. The Morgan fingerprint density at radius 1 is 1.04 bits per heavy atom. The van der Waals surface area contributed by atoms with Crippen molar-refractivity contribution in [2.45, 2.75) is 18.5 Å². The molecule has 134 valence electrons. The summed E-state index contributed by atoms with van der Waals surface area (Å²) in [4.78, 5) is 4.38. The van der Waals surface area contributed by atoms with Crippen LogP contribution in [0.4, 0.5) is 5.95 Å². The van der Waals surface area contributed by atoms with E-state index < -0.39 is 0 Å². The zero-order valence-electron chi connectivity index (χ0n) is 14.5. The molecule has 1 aliphatic heterocycles. The van der Waals surface area contributed by atoms with Gasteiger partial charge in [0.25, 0.3) is 0 Å². The Labute approximate surface area is 160 Å². The van der Waals surface area contributed by atoms with Gasteiger partial charge in [-0.1, -0.05) is 34.1 Å². The van der Waals surface area contributed by atoms with Crippen molar-refractivity contribution < 1.29 is 9.47 Å². The molecule has 4 rings (SSSR count). The van der Waals surface area contributed by atoms with Gasteiger partial charge in [0.2, 0.25) is 5.95 Å². The fourth-order valence-electron chi connectivity index (χ4n) is 3.37. The molecule has 2 aromatic carbocycles. The Hall–Kier alpha value is -2.54. The van der Waals surface area contributed by atoms with Crippen molar-refractivity contribution in [3.8, 4) is 11.5 Å². The van der Waals surface area contributed by atoms with Gasteiger partial charge in [-0.3, -0.25) is 0 Å². The van der Waals surface area contributed by atoms with Gasteiger partial charge < -0.3 is 14.8 Å². The molecule has 0 saturated heterocycles. The number of fused-ring (bicyclic) bond motifs is 1. The summed E-state index contributed by atoms with van der Waals surface area (Å²) in [5.74, 6) is 2.20. The average molecular weight is 415 g/mol. The number of hydrogen-bond donors (Lipinski definition) is 1. The van der Waals surface area contributed by atoms with E-state index in [9.17, 15) is 0 Å². The third-order valence-electron chi connectivity index (χ3n) is 4.70. The smallest absolute Gasteiger partial charge is 0.222 e. The molecule has 2 heterocycles. The monoisotopic (exact) mass is 414 g/mol. The summed E-state index contributed by atoms with van der Waals surface area (Å²) in [5, 5.41) is 7.90. The van der Waals surface area contributed by atoms with Gasteiger partial charge in [-0.15, -0.1) is 0 Å². The number of rotatable bonds is 4. The molecular formula is C19H19BrN4O2. The molecule has 7 heteroatoms. The van der Waals surface area contributed by atoms with Crippen molar-refractivity contribution in [2.75, 3.05) is 19.5 Å². The zero-order valence-corrected chi connectivity index (χ0v) is 16.1. The van der Waals surface area contributed by atoms with Gasteiger partial charge in [0.05, 0.1) is 26.3 Å². The Morgan fingerprint density at radius 3 is 2.50 bits per heavy atom. The first-order valence-electron chi connectivity index (χ1n) is 8.33. The first-order valence-corrected chi connectivity index (χ1v) is 9.12. The van der Waals surface area contributed by atoms with Crippen LogP contribution in [0, 0.1) is 0 Å². The number of nitrogens with zero attached hydrogens (tertiary/aromatic N) is 3. The van der Waals surface area contributed by atoms with Crippen LogP contribution in [0.1, 0.15) is 29.6 Å². The summed E-state index contributed by atoms with van der Waals surface area (Å²) in [6, 6.07) is 14.6. The molecule has 0 saturated carbocycles. The van der Waals surface area contributed by atoms with Crippen LogP contribution in [-0.2, 0) is 0 Å². The number of hydrogen-bond acceptors (Lipinski definition) is 5. The average Bonchev–Trinajstić information content (AvgIpc) is 3.16. The second-order valence-corrected chi connectivity index (χ2v) is 7.06. The van der Waals surface area contributed by atoms with E-state index in [0.29, 0.717) is 11.5 Å². The highest BCUT2D eigenvalue weighted by atomic mass is 79.9. The Morgan fingerprint density at radius 2 is 1.77 bits per heavy atom. The van der Waals surface area contributed by atoms with E-state index in [4.69, 9.17) is 9.47 Å². The molecule has 0 radical (unpaired) electrons. The highest BCUT2D eigenvalue weighted by molar-refractivity contribution is 9.10. The first-order chi connectivity index (χ1) is 12.7. The Bertz CT molecular complexity index is 910. The quantitative estimate of drug-likeness (QED) is 0.692. The summed E-state index contributed by atoms with van der Waals surface area (Å²) in [5.41, 5.74) is 2.32. The van der Waals surface area contributed by atoms with Gasteiger partial charge in [0, 0.05) is 4.47 Å². The minimum atomic E-state index is 0.0576. The normalized spacial score (nSPS) is 18.7. The van der Waals surface area contributed by atoms with E-state index in [2.05, 4.69) is 61.7 Å². The molecule has 26 heavy (non-hydrogen) atoms. The zero-order chi connectivity index (χ0) is 18.1. The van der Waals surface area contributed by atoms with Crippen LogP contribution >= 0.6 is 15.9 Å². The van der Waals surface area contributed by atoms with Crippen LogP contribution in [-0.4, -0.2) is 29.0 Å². The molecule has 0 bridgehead atoms. The molecule has 0 spiro atoms. The van der Waals surface area contributed by atoms with Gasteiger partial charge in [-0.25, -0.2) is 4.68 Å². The number of nitrogens with one attached hydrogen (secondary N) is 1. The first kappa shape index (κ1) is 16.9. The predicted octanol–water partition coefficient (Wildman–Crippen LogP) is 4.20. The third-order valence-corrected chi connectivity index (χ3v) is 5.22. The van der Waals surface area contributed by atoms with Crippen molar-refractivity contribution in [1.29, 1.82) is 0 Å². The van der Waals surface area contributed by atoms with Gasteiger partial charge in [-0.2, -0.15) is 10.1 Å². The highest BCUT2D eigenvalue weighted by Gasteiger charge is 2.30. The predicted molar refractivity (Wildman–Crippen MR) is 103 cm³/mol. The standard InChI is InChI=1S/C19H19BrN4O2/c1-25-17-8-5-13(9-18(17)26-2)16-10-15(12-3-6-14(20)7-4-12)23-19-21-11-22-24(16)19/h3-9,11,15-16H,10H2,1-2H3,(H,21,22,23)/t15-,16-/m1/s1. The minimum Gasteiger partial charge on any atom is -0.493 e. The molecule has 0 unspecified atom stereocenters. The molecule has 0 fully saturated rings. The summed E-state index contributed by atoms with van der Waals surface area (Å²) < 4.78 is 13.8. The number of methoxy groups -OCH3 is 2. The lowest BCUT2D eigenvalue weighted by molar-refractivity contribution is 0.352. The highest BCUT2D eigenvalue weighted by Crippen LogP contribution is 2.40. The summed E-state index contributed by atoms with van der Waals surface area (Å²) in [6.45, 7) is 0. The fraction of sp³-hybridized carbons (Fsp3) is 0.263. The largest absolute Gasteiger partial charge is 0.493 e. The van der Waals surface area contributed by atoms with Crippen molar-refractivity contribution in [3.05, 3.63) is 64.4 Å². The van der Waals surface area contributed by atoms with E-state index >= 15 is 0 Å². The lowest BCUT2D eigenvalue weighted by Crippen LogP contribution is -2.28. The van der Waals surface area contributed by atoms with E-state index in [1.165, 1.54) is 5.56 Å². The third kappa shape index (κ3) is 3.03. The lowest BCUT2D eigenvalue weighted by Gasteiger charge is -2.32. The molecule has 0 aliphatic carbocycles. The maximum atomic E-state index is 5.47. The Balaban J connectivity index is 1.72. The van der Waals surface area contributed by atoms with E-state index in [0.717, 1.165) is 22.4 Å². The van der Waals surface area contributed by atoms with Crippen molar-refractivity contribution in [2.24, 2.45) is 0 Å². The van der Waals surface area contributed by atoms with Crippen LogP contribution in [0.25, 0.3) is 0 Å². The maximum Gasteiger partial charge on any atom is 0.222 e. The summed E-state index contributed by atoms with van der Waals surface area (Å²) in [6.07, 6.45) is 2.44. The molecule has 2 atom stereocenters.